The van der Waals surface area contributed by atoms with Gasteiger partial charge in [0.05, 0.1) is 0 Å². The van der Waals surface area contributed by atoms with Crippen LogP contribution in [0.4, 0.5) is 0 Å². The molecule has 9 heavy (non-hydrogen) atoms. The molecule has 0 aromatic carbocycles. The summed E-state index contributed by atoms with van der Waals surface area (Å²) < 4.78 is 2.22. The van der Waals surface area contributed by atoms with Crippen molar-refractivity contribution in [2.24, 2.45) is 0 Å². The summed E-state index contributed by atoms with van der Waals surface area (Å²) in [6.45, 7) is 6.29. The predicted molar refractivity (Wildman–Crippen MR) is 45.5 cm³/mol. The Morgan fingerprint density at radius 3 is 1.78 bits per heavy atom. The Morgan fingerprint density at radius 1 is 1.22 bits per heavy atom. The maximum absolute atomic E-state index is 2.31. The Balaban J connectivity index is 0. The summed E-state index contributed by atoms with van der Waals surface area (Å²) in [6, 6.07) is 0. The van der Waals surface area contributed by atoms with Gasteiger partial charge in [-0.1, -0.05) is 0 Å². The second-order valence-corrected chi connectivity index (χ2v) is 3.01. The molecule has 0 saturated carbocycles. The van der Waals surface area contributed by atoms with Crippen LogP contribution in [-0.2, 0) is 0 Å². The predicted octanol–water partition coefficient (Wildman–Crippen LogP) is 2.09. The molecular weight excluding hydrogens is 451 g/mol. The molecule has 0 saturated heterocycles. The zero-order chi connectivity index (χ0) is 6.41. The van der Waals surface area contributed by atoms with Gasteiger partial charge in [0.15, 0.2) is 0 Å². The first-order valence-corrected chi connectivity index (χ1v) is 3.74. The van der Waals surface area contributed by atoms with E-state index in [-0.39, 0.29) is 31.1 Å². The van der Waals surface area contributed by atoms with Gasteiger partial charge in [-0.25, -0.2) is 0 Å². The third-order valence-electron chi connectivity index (χ3n) is 0.761. The molecule has 3 heteroatoms. The van der Waals surface area contributed by atoms with Crippen LogP contribution in [0.3, 0.4) is 0 Å². The Morgan fingerprint density at radius 2 is 1.56 bits per heavy atom. The first-order valence-electron chi connectivity index (χ1n) is 2.77. The molecule has 0 heterocycles. The number of rotatable bonds is 4. The summed E-state index contributed by atoms with van der Waals surface area (Å²) in [7, 11) is 0. The summed E-state index contributed by atoms with van der Waals surface area (Å²) in [5.41, 5.74) is 0. The van der Waals surface area contributed by atoms with Crippen LogP contribution in [0.1, 0.15) is 13.8 Å². The SMILES string of the molecule is C[CH-]CN(I)C[CH-]C.[U+2]. The molecule has 0 fully saturated rings. The van der Waals surface area contributed by atoms with Crippen LogP contribution in [0.5, 0.6) is 0 Å². The summed E-state index contributed by atoms with van der Waals surface area (Å²) in [6.07, 6.45) is 4.30. The fraction of sp³-hybridized carbons (Fsp3) is 0.667. The van der Waals surface area contributed by atoms with E-state index >= 15 is 0 Å². The Kier molecular flexibility index (Phi) is 14.4. The van der Waals surface area contributed by atoms with Crippen LogP contribution in [0.15, 0.2) is 0 Å². The monoisotopic (exact) mass is 463 g/mol. The van der Waals surface area contributed by atoms with Crippen molar-refractivity contribution < 1.29 is 31.1 Å². The molecule has 0 aliphatic rings. The van der Waals surface area contributed by atoms with E-state index in [9.17, 15) is 0 Å². The summed E-state index contributed by atoms with van der Waals surface area (Å²) in [5, 5.41) is 0. The molecule has 0 atom stereocenters. The molecule has 0 unspecified atom stereocenters. The van der Waals surface area contributed by atoms with E-state index in [1.165, 1.54) is 0 Å². The van der Waals surface area contributed by atoms with Gasteiger partial charge in [0.1, 0.15) is 0 Å². The first-order chi connectivity index (χ1) is 3.81. The Hall–Kier alpha value is 1.74. The van der Waals surface area contributed by atoms with Gasteiger partial charge in [0, 0.05) is 22.9 Å². The van der Waals surface area contributed by atoms with Crippen LogP contribution in [-0.4, -0.2) is 16.2 Å². The molecule has 0 aromatic rings. The van der Waals surface area contributed by atoms with Crippen LogP contribution >= 0.6 is 22.9 Å². The molecule has 0 aromatic heterocycles. The van der Waals surface area contributed by atoms with Crippen LogP contribution in [0.2, 0.25) is 0 Å². The molecule has 0 aliphatic heterocycles. The van der Waals surface area contributed by atoms with E-state index in [1.54, 1.807) is 0 Å². The quantitative estimate of drug-likeness (QED) is 0.351. The third kappa shape index (κ3) is 9.74. The first kappa shape index (κ1) is 13.3. The van der Waals surface area contributed by atoms with Crippen LogP contribution < -0.4 is 0 Å². The van der Waals surface area contributed by atoms with Gasteiger partial charge in [-0.2, -0.15) is 13.8 Å². The molecule has 0 spiro atoms. The molecule has 0 radical (unpaired) electrons. The smallest absolute Gasteiger partial charge is 0.317 e. The van der Waals surface area contributed by atoms with Crippen molar-refractivity contribution in [2.45, 2.75) is 13.8 Å². The standard InChI is InChI=1S/C6H12IN.U/c1-3-5-8(7)6-4-2;/h3-4H,5-6H2,1-2H3;/q-2;+2. The minimum Gasteiger partial charge on any atom is -0.317 e. The van der Waals surface area contributed by atoms with Gasteiger partial charge < -0.3 is 16.0 Å². The molecule has 0 N–H and O–H groups in total. The average molecular weight is 463 g/mol. The second-order valence-electron chi connectivity index (χ2n) is 1.64. The van der Waals surface area contributed by atoms with Gasteiger partial charge in [0.2, 0.25) is 0 Å². The molecule has 1 nitrogen and oxygen atoms in total. The van der Waals surface area contributed by atoms with Crippen LogP contribution in [0.25, 0.3) is 0 Å². The zero-order valence-corrected chi connectivity index (χ0v) is 12.2. The molecule has 0 amide bonds. The van der Waals surface area contributed by atoms with E-state index in [2.05, 4.69) is 52.7 Å². The van der Waals surface area contributed by atoms with Gasteiger partial charge in [-0.05, 0) is 0 Å². The van der Waals surface area contributed by atoms with Crippen molar-refractivity contribution in [1.29, 1.82) is 0 Å². The van der Waals surface area contributed by atoms with Crippen molar-refractivity contribution in [1.82, 2.24) is 3.11 Å². The van der Waals surface area contributed by atoms with Crippen LogP contribution in [0, 0.1) is 44.0 Å². The summed E-state index contributed by atoms with van der Waals surface area (Å²) in [4.78, 5) is 0. The van der Waals surface area contributed by atoms with Crippen molar-refractivity contribution in [3.8, 4) is 0 Å². The fourth-order valence-corrected chi connectivity index (χ4v) is 1.26. The van der Waals surface area contributed by atoms with Gasteiger partial charge in [0.25, 0.3) is 0 Å². The zero-order valence-electron chi connectivity index (χ0n) is 5.89. The van der Waals surface area contributed by atoms with Crippen molar-refractivity contribution in [3.63, 3.8) is 0 Å². The summed E-state index contributed by atoms with van der Waals surface area (Å²) >= 11 is 2.31. The maximum atomic E-state index is 2.31. The minimum absolute atomic E-state index is 0. The fourth-order valence-electron chi connectivity index (χ4n) is 0.471. The Labute approximate surface area is 95.8 Å². The molecule has 0 aliphatic carbocycles. The van der Waals surface area contributed by atoms with E-state index in [4.69, 9.17) is 0 Å². The van der Waals surface area contributed by atoms with E-state index in [0.29, 0.717) is 0 Å². The van der Waals surface area contributed by atoms with Crippen molar-refractivity contribution >= 4 is 22.9 Å². The van der Waals surface area contributed by atoms with Gasteiger partial charge in [-0.15, -0.1) is 13.1 Å². The normalized spacial score (nSPS) is 9.33. The maximum Gasteiger partial charge on any atom is 2.00 e. The number of halogens is 1. The topological polar surface area (TPSA) is 3.24 Å². The molecule has 52 valence electrons. The number of nitrogens with zero attached hydrogens (tertiary/aromatic N) is 1. The number of hydrogen-bond donors (Lipinski definition) is 0. The van der Waals surface area contributed by atoms with E-state index in [0.717, 1.165) is 13.1 Å². The number of hydrogen-bond acceptors (Lipinski definition) is 1. The van der Waals surface area contributed by atoms with E-state index < -0.39 is 0 Å². The van der Waals surface area contributed by atoms with Crippen molar-refractivity contribution in [3.05, 3.63) is 12.8 Å². The average Bonchev–Trinajstić information content (AvgIpc) is 1.68. The van der Waals surface area contributed by atoms with Crippen molar-refractivity contribution in [2.75, 3.05) is 13.1 Å². The molecular formula is C6H12INU. The second kappa shape index (κ2) is 9.74. The van der Waals surface area contributed by atoms with Gasteiger partial charge >= 0.3 is 31.1 Å². The largest absolute Gasteiger partial charge is 2.00 e. The minimum atomic E-state index is 0. The van der Waals surface area contributed by atoms with Gasteiger partial charge in [-0.3, -0.25) is 0 Å². The Bertz CT molecular complexity index is 46.3. The third-order valence-corrected chi connectivity index (χ3v) is 1.55. The molecule has 0 bridgehead atoms. The molecule has 0 rings (SSSR count). The summed E-state index contributed by atoms with van der Waals surface area (Å²) in [5.74, 6) is 0. The van der Waals surface area contributed by atoms with E-state index in [1.807, 2.05) is 0 Å².